The van der Waals surface area contributed by atoms with Crippen LogP contribution in [0.4, 0.5) is 0 Å². The van der Waals surface area contributed by atoms with Gasteiger partial charge in [-0.1, -0.05) is 88.7 Å². The Balaban J connectivity index is 0.00000480. The minimum Gasteiger partial charge on any atom is -0.870 e. The van der Waals surface area contributed by atoms with Gasteiger partial charge in [0.05, 0.1) is 4.90 Å². The number of ether oxygens (including phenoxy) is 1. The van der Waals surface area contributed by atoms with E-state index in [-0.39, 0.29) is 35.3 Å². The molecule has 0 saturated heterocycles. The van der Waals surface area contributed by atoms with Crippen LogP contribution < -0.4 is 39.4 Å². The monoisotopic (exact) mass is 456 g/mol. The molecule has 5 nitrogen and oxygen atoms in total. The normalized spacial score (nSPS) is 11.2. The summed E-state index contributed by atoms with van der Waals surface area (Å²) in [6.07, 6.45) is 13.6. The van der Waals surface area contributed by atoms with Crippen molar-refractivity contribution in [3.8, 4) is 17.2 Å². The van der Waals surface area contributed by atoms with E-state index in [1.165, 1.54) is 63.9 Å². The van der Waals surface area contributed by atoms with E-state index in [4.69, 9.17) is 9.29 Å². The van der Waals surface area contributed by atoms with Crippen molar-refractivity contribution >= 4 is 10.1 Å². The van der Waals surface area contributed by atoms with Gasteiger partial charge in [0.25, 0.3) is 10.1 Å². The Hall–Kier alpha value is -1.05. The maximum Gasteiger partial charge on any atom is 1.00 e. The molecule has 0 atom stereocenters. The molecule has 0 aliphatic rings. The topological polar surface area (TPSA) is 86.7 Å². The Morgan fingerprint density at radius 3 is 2.00 bits per heavy atom. The van der Waals surface area contributed by atoms with E-state index in [2.05, 4.69) is 6.92 Å². The zero-order chi connectivity index (χ0) is 21.8. The van der Waals surface area contributed by atoms with Crippen LogP contribution in [0.2, 0.25) is 0 Å². The second-order valence-corrected chi connectivity index (χ2v) is 9.15. The minimum absolute atomic E-state index is 0. The summed E-state index contributed by atoms with van der Waals surface area (Å²) in [5, 5.41) is 12.1. The van der Waals surface area contributed by atoms with E-state index in [0.29, 0.717) is 5.75 Å². The van der Waals surface area contributed by atoms with Crippen molar-refractivity contribution in [3.05, 3.63) is 48.0 Å². The van der Waals surface area contributed by atoms with E-state index >= 15 is 0 Å². The molecule has 7 heteroatoms. The van der Waals surface area contributed by atoms with Crippen LogP contribution in [0.1, 0.15) is 76.7 Å². The maximum absolute atomic E-state index is 12.1. The van der Waals surface area contributed by atoms with Crippen molar-refractivity contribution in [2.75, 3.05) is 0 Å². The van der Waals surface area contributed by atoms with Crippen LogP contribution in [0.15, 0.2) is 47.4 Å². The van der Waals surface area contributed by atoms with Crippen molar-refractivity contribution in [1.82, 2.24) is 0 Å². The molecule has 0 aromatic heterocycles. The average Bonchev–Trinajstić information content (AvgIpc) is 2.71. The zero-order valence-electron chi connectivity index (χ0n) is 18.8. The molecule has 0 aliphatic heterocycles. The summed E-state index contributed by atoms with van der Waals surface area (Å²) in [4.78, 5) is -0.432. The van der Waals surface area contributed by atoms with Gasteiger partial charge < -0.3 is 9.84 Å². The Kier molecular flexibility index (Phi) is 13.5. The standard InChI is InChI=1S/C24H34O5S.Na/c1-2-3-4-5-6-7-8-9-10-11-14-20-15-12-13-16-23(20)29-24-18-17-21(19-22(24)25)30(26,27)28;/h12-13,15-19,25H,2-11,14H2,1H3,(H,26,27,28);/q;+1/p-1. The first kappa shape index (κ1) is 28.0. The fourth-order valence-corrected chi connectivity index (χ4v) is 3.96. The number of aryl methyl sites for hydroxylation is 1. The Labute approximate surface area is 209 Å². The number of hydrogen-bond acceptors (Lipinski definition) is 4. The van der Waals surface area contributed by atoms with Gasteiger partial charge >= 0.3 is 29.6 Å². The SMILES string of the molecule is CCCCCCCCCCCCc1ccccc1Oc1ccc(S(=O)(=O)O)cc1[O-].[Na+]. The number of unbranched alkanes of at least 4 members (excludes halogenated alkanes) is 9. The molecule has 0 aliphatic carbocycles. The summed E-state index contributed by atoms with van der Waals surface area (Å²) in [6.45, 7) is 2.24. The smallest absolute Gasteiger partial charge is 0.870 e. The summed E-state index contributed by atoms with van der Waals surface area (Å²) in [5.41, 5.74) is 1.02. The Morgan fingerprint density at radius 2 is 1.42 bits per heavy atom. The molecule has 2 aromatic carbocycles. The van der Waals surface area contributed by atoms with Crippen molar-refractivity contribution in [3.63, 3.8) is 0 Å². The van der Waals surface area contributed by atoms with Crippen LogP contribution in [0.5, 0.6) is 17.2 Å². The zero-order valence-corrected chi connectivity index (χ0v) is 21.6. The summed E-state index contributed by atoms with van der Waals surface area (Å²) >= 11 is 0. The molecule has 1 N–H and O–H groups in total. The van der Waals surface area contributed by atoms with Gasteiger partial charge in [-0.25, -0.2) is 0 Å². The predicted molar refractivity (Wildman–Crippen MR) is 118 cm³/mol. The third-order valence-corrected chi connectivity index (χ3v) is 6.05. The van der Waals surface area contributed by atoms with Crippen molar-refractivity contribution in [2.24, 2.45) is 0 Å². The fraction of sp³-hybridized carbons (Fsp3) is 0.500. The van der Waals surface area contributed by atoms with Crippen molar-refractivity contribution in [1.29, 1.82) is 0 Å². The first-order valence-electron chi connectivity index (χ1n) is 11.0. The van der Waals surface area contributed by atoms with E-state index in [1.807, 2.05) is 24.3 Å². The molecule has 0 bridgehead atoms. The molecule has 2 rings (SSSR count). The number of benzene rings is 2. The first-order chi connectivity index (χ1) is 14.4. The van der Waals surface area contributed by atoms with Gasteiger partial charge in [0, 0.05) is 0 Å². The molecule has 31 heavy (non-hydrogen) atoms. The van der Waals surface area contributed by atoms with Gasteiger partial charge in [-0.3, -0.25) is 4.55 Å². The third kappa shape index (κ3) is 10.4. The second kappa shape index (κ2) is 14.9. The van der Waals surface area contributed by atoms with Crippen LogP contribution in [0.25, 0.3) is 0 Å². The van der Waals surface area contributed by atoms with E-state index in [9.17, 15) is 13.5 Å². The second-order valence-electron chi connectivity index (χ2n) is 7.73. The third-order valence-electron chi connectivity index (χ3n) is 5.21. The summed E-state index contributed by atoms with van der Waals surface area (Å²) in [5.74, 6) is 0.0573. The summed E-state index contributed by atoms with van der Waals surface area (Å²) in [6, 6.07) is 10.9. The van der Waals surface area contributed by atoms with Crippen LogP contribution >= 0.6 is 0 Å². The van der Waals surface area contributed by atoms with Gasteiger partial charge in [-0.15, -0.1) is 0 Å². The molecule has 0 saturated carbocycles. The average molecular weight is 457 g/mol. The van der Waals surface area contributed by atoms with E-state index in [0.717, 1.165) is 30.5 Å². The molecule has 0 radical (unpaired) electrons. The van der Waals surface area contributed by atoms with Gasteiger partial charge in [-0.05, 0) is 42.7 Å². The van der Waals surface area contributed by atoms with Crippen molar-refractivity contribution < 1.29 is 52.4 Å². The Bertz CT molecular complexity index is 883. The number of para-hydroxylation sites is 1. The van der Waals surface area contributed by atoms with Gasteiger partial charge in [0.15, 0.2) is 0 Å². The molecule has 0 fully saturated rings. The summed E-state index contributed by atoms with van der Waals surface area (Å²) < 4.78 is 37.1. The van der Waals surface area contributed by atoms with E-state index < -0.39 is 20.8 Å². The maximum atomic E-state index is 12.1. The van der Waals surface area contributed by atoms with Gasteiger partial charge in [0.1, 0.15) is 11.5 Å². The van der Waals surface area contributed by atoms with Crippen LogP contribution in [0.3, 0.4) is 0 Å². The first-order valence-corrected chi connectivity index (χ1v) is 12.4. The molecular weight excluding hydrogens is 423 g/mol. The molecule has 0 heterocycles. The van der Waals surface area contributed by atoms with E-state index in [1.54, 1.807) is 0 Å². The number of rotatable bonds is 14. The van der Waals surface area contributed by atoms with Crippen LogP contribution in [0, 0.1) is 0 Å². The molecule has 0 unspecified atom stereocenters. The van der Waals surface area contributed by atoms with Crippen LogP contribution in [-0.4, -0.2) is 13.0 Å². The molecule has 2 aromatic rings. The fourth-order valence-electron chi connectivity index (χ4n) is 3.46. The molecule has 0 spiro atoms. The largest absolute Gasteiger partial charge is 1.00 e. The van der Waals surface area contributed by atoms with Gasteiger partial charge in [-0.2, -0.15) is 8.42 Å². The van der Waals surface area contributed by atoms with Crippen LogP contribution in [-0.2, 0) is 16.5 Å². The molecule has 0 amide bonds. The Morgan fingerprint density at radius 1 is 0.839 bits per heavy atom. The molecule has 166 valence electrons. The molecular formula is C24H33NaO5S. The number of hydrogen-bond donors (Lipinski definition) is 1. The quantitative estimate of drug-likeness (QED) is 0.268. The predicted octanol–water partition coefficient (Wildman–Crippen LogP) is 3.27. The van der Waals surface area contributed by atoms with Crippen molar-refractivity contribution in [2.45, 2.75) is 82.4 Å². The minimum atomic E-state index is -4.41. The summed E-state index contributed by atoms with van der Waals surface area (Å²) in [7, 11) is -4.41. The van der Waals surface area contributed by atoms with Gasteiger partial charge in [0.2, 0.25) is 0 Å².